The zero-order chi connectivity index (χ0) is 14.1. The SMILES string of the molecule is Cc1cc2c(NCc3ccccc3Cl)nc(N)nc2s1. The molecule has 0 atom stereocenters. The molecule has 3 aromatic rings. The van der Waals surface area contributed by atoms with Crippen molar-refractivity contribution < 1.29 is 0 Å². The fourth-order valence-electron chi connectivity index (χ4n) is 2.01. The lowest BCUT2D eigenvalue weighted by atomic mass is 10.2. The van der Waals surface area contributed by atoms with Gasteiger partial charge < -0.3 is 11.1 Å². The molecule has 0 saturated carbocycles. The summed E-state index contributed by atoms with van der Waals surface area (Å²) in [6.45, 7) is 2.64. The van der Waals surface area contributed by atoms with E-state index in [0.29, 0.717) is 6.54 Å². The molecule has 102 valence electrons. The van der Waals surface area contributed by atoms with Crippen molar-refractivity contribution in [2.75, 3.05) is 11.1 Å². The van der Waals surface area contributed by atoms with E-state index in [1.807, 2.05) is 31.2 Å². The van der Waals surface area contributed by atoms with E-state index in [1.54, 1.807) is 11.3 Å². The van der Waals surface area contributed by atoms with Gasteiger partial charge in [0.1, 0.15) is 10.6 Å². The molecule has 4 nitrogen and oxygen atoms in total. The Morgan fingerprint density at radius 3 is 2.90 bits per heavy atom. The van der Waals surface area contributed by atoms with E-state index in [0.717, 1.165) is 26.6 Å². The fourth-order valence-corrected chi connectivity index (χ4v) is 3.10. The van der Waals surface area contributed by atoms with Crippen LogP contribution in [0.2, 0.25) is 5.02 Å². The molecule has 0 aliphatic heterocycles. The lowest BCUT2D eigenvalue weighted by Gasteiger charge is -2.08. The molecule has 0 spiro atoms. The van der Waals surface area contributed by atoms with E-state index in [9.17, 15) is 0 Å². The van der Waals surface area contributed by atoms with Gasteiger partial charge in [-0.2, -0.15) is 4.98 Å². The van der Waals surface area contributed by atoms with Gasteiger partial charge in [0.05, 0.1) is 5.39 Å². The number of hydrogen-bond donors (Lipinski definition) is 2. The molecular weight excluding hydrogens is 292 g/mol. The van der Waals surface area contributed by atoms with Gasteiger partial charge in [0.2, 0.25) is 5.95 Å². The maximum absolute atomic E-state index is 6.15. The minimum absolute atomic E-state index is 0.279. The second-order valence-corrected chi connectivity index (χ2v) is 6.09. The minimum Gasteiger partial charge on any atom is -0.368 e. The highest BCUT2D eigenvalue weighted by molar-refractivity contribution is 7.18. The molecule has 3 rings (SSSR count). The van der Waals surface area contributed by atoms with Crippen molar-refractivity contribution in [3.05, 3.63) is 45.8 Å². The Balaban J connectivity index is 1.93. The van der Waals surface area contributed by atoms with Gasteiger partial charge in [-0.25, -0.2) is 4.98 Å². The first-order valence-corrected chi connectivity index (χ1v) is 7.34. The summed E-state index contributed by atoms with van der Waals surface area (Å²) in [5, 5.41) is 5.02. The highest BCUT2D eigenvalue weighted by Crippen LogP contribution is 2.29. The average molecular weight is 305 g/mol. The summed E-state index contributed by atoms with van der Waals surface area (Å²) in [5.74, 6) is 1.03. The van der Waals surface area contributed by atoms with E-state index in [2.05, 4.69) is 21.4 Å². The van der Waals surface area contributed by atoms with Crippen LogP contribution in [0.15, 0.2) is 30.3 Å². The summed E-state index contributed by atoms with van der Waals surface area (Å²) in [5.41, 5.74) is 6.77. The molecule has 0 aliphatic carbocycles. The smallest absolute Gasteiger partial charge is 0.223 e. The van der Waals surface area contributed by atoms with Crippen LogP contribution in [0.1, 0.15) is 10.4 Å². The van der Waals surface area contributed by atoms with Crippen molar-refractivity contribution in [1.29, 1.82) is 0 Å². The fraction of sp³-hybridized carbons (Fsp3) is 0.143. The van der Waals surface area contributed by atoms with Crippen LogP contribution in [-0.2, 0) is 6.54 Å². The number of rotatable bonds is 3. The van der Waals surface area contributed by atoms with Crippen LogP contribution in [0.5, 0.6) is 0 Å². The number of thiophene rings is 1. The number of nitrogens with one attached hydrogen (secondary N) is 1. The first kappa shape index (κ1) is 13.1. The van der Waals surface area contributed by atoms with Crippen LogP contribution >= 0.6 is 22.9 Å². The number of aryl methyl sites for hydroxylation is 1. The summed E-state index contributed by atoms with van der Waals surface area (Å²) in [4.78, 5) is 10.6. The van der Waals surface area contributed by atoms with Crippen LogP contribution in [0.4, 0.5) is 11.8 Å². The second-order valence-electron chi connectivity index (χ2n) is 4.45. The molecule has 20 heavy (non-hydrogen) atoms. The molecular formula is C14H13ClN4S. The molecule has 0 unspecified atom stereocenters. The van der Waals surface area contributed by atoms with Gasteiger partial charge in [0.15, 0.2) is 0 Å². The van der Waals surface area contributed by atoms with E-state index in [1.165, 1.54) is 4.88 Å². The molecule has 0 saturated heterocycles. The maximum Gasteiger partial charge on any atom is 0.223 e. The number of aromatic nitrogens is 2. The quantitative estimate of drug-likeness (QED) is 0.771. The van der Waals surface area contributed by atoms with E-state index in [4.69, 9.17) is 17.3 Å². The predicted octanol–water partition coefficient (Wildman–Crippen LogP) is 3.85. The molecule has 0 aliphatic rings. The Morgan fingerprint density at radius 2 is 2.10 bits per heavy atom. The molecule has 0 bridgehead atoms. The Labute approximate surface area is 125 Å². The zero-order valence-corrected chi connectivity index (χ0v) is 12.4. The lowest BCUT2D eigenvalue weighted by molar-refractivity contribution is 1.11. The lowest BCUT2D eigenvalue weighted by Crippen LogP contribution is -2.05. The third-order valence-electron chi connectivity index (χ3n) is 2.94. The topological polar surface area (TPSA) is 63.8 Å². The van der Waals surface area contributed by atoms with Crippen LogP contribution in [0, 0.1) is 6.92 Å². The first-order chi connectivity index (χ1) is 9.63. The number of nitrogen functional groups attached to an aromatic ring is 1. The number of hydrogen-bond acceptors (Lipinski definition) is 5. The molecule has 6 heteroatoms. The standard InChI is InChI=1S/C14H13ClN4S/c1-8-6-10-12(18-14(16)19-13(10)20-8)17-7-9-4-2-3-5-11(9)15/h2-6H,7H2,1H3,(H3,16,17,18,19). The van der Waals surface area contributed by atoms with Crippen molar-refractivity contribution in [2.24, 2.45) is 0 Å². The maximum atomic E-state index is 6.15. The van der Waals surface area contributed by atoms with Crippen LogP contribution < -0.4 is 11.1 Å². The Morgan fingerprint density at radius 1 is 1.30 bits per heavy atom. The van der Waals surface area contributed by atoms with Gasteiger partial charge in [-0.05, 0) is 24.6 Å². The molecule has 2 aromatic heterocycles. The van der Waals surface area contributed by atoms with E-state index in [-0.39, 0.29) is 5.95 Å². The summed E-state index contributed by atoms with van der Waals surface area (Å²) >= 11 is 7.76. The number of anilines is 2. The molecule has 0 radical (unpaired) electrons. The second kappa shape index (κ2) is 5.26. The number of nitrogens with two attached hydrogens (primary N) is 1. The van der Waals surface area contributed by atoms with E-state index < -0.39 is 0 Å². The molecule has 0 fully saturated rings. The van der Waals surface area contributed by atoms with Crippen molar-refractivity contribution in [1.82, 2.24) is 9.97 Å². The van der Waals surface area contributed by atoms with Crippen molar-refractivity contribution >= 4 is 44.9 Å². The van der Waals surface area contributed by atoms with Crippen molar-refractivity contribution in [3.8, 4) is 0 Å². The highest BCUT2D eigenvalue weighted by atomic mass is 35.5. The van der Waals surface area contributed by atoms with Crippen LogP contribution in [0.3, 0.4) is 0 Å². The minimum atomic E-state index is 0.279. The highest BCUT2D eigenvalue weighted by Gasteiger charge is 2.09. The van der Waals surface area contributed by atoms with Crippen LogP contribution in [0.25, 0.3) is 10.2 Å². The number of benzene rings is 1. The normalized spacial score (nSPS) is 10.9. The third kappa shape index (κ3) is 2.55. The van der Waals surface area contributed by atoms with Gasteiger partial charge >= 0.3 is 0 Å². The summed E-state index contributed by atoms with van der Waals surface area (Å²) < 4.78 is 0. The van der Waals surface area contributed by atoms with Gasteiger partial charge in [-0.15, -0.1) is 11.3 Å². The Kier molecular flexibility index (Phi) is 3.46. The van der Waals surface area contributed by atoms with Gasteiger partial charge in [0.25, 0.3) is 0 Å². The number of halogens is 1. The number of fused-ring (bicyclic) bond motifs is 1. The molecule has 3 N–H and O–H groups in total. The summed E-state index contributed by atoms with van der Waals surface area (Å²) in [6, 6.07) is 9.79. The average Bonchev–Trinajstić information content (AvgIpc) is 2.77. The third-order valence-corrected chi connectivity index (χ3v) is 4.25. The van der Waals surface area contributed by atoms with Gasteiger partial charge in [-0.3, -0.25) is 0 Å². The Hall–Kier alpha value is -1.85. The predicted molar refractivity (Wildman–Crippen MR) is 85.3 cm³/mol. The zero-order valence-electron chi connectivity index (χ0n) is 10.9. The van der Waals surface area contributed by atoms with Gasteiger partial charge in [0, 0.05) is 16.4 Å². The van der Waals surface area contributed by atoms with Crippen molar-refractivity contribution in [3.63, 3.8) is 0 Å². The molecule has 2 heterocycles. The van der Waals surface area contributed by atoms with E-state index >= 15 is 0 Å². The summed E-state index contributed by atoms with van der Waals surface area (Å²) in [6.07, 6.45) is 0. The molecule has 0 amide bonds. The first-order valence-electron chi connectivity index (χ1n) is 6.14. The molecule has 1 aromatic carbocycles. The van der Waals surface area contributed by atoms with Gasteiger partial charge in [-0.1, -0.05) is 29.8 Å². The summed E-state index contributed by atoms with van der Waals surface area (Å²) in [7, 11) is 0. The number of nitrogens with zero attached hydrogens (tertiary/aromatic N) is 2. The largest absolute Gasteiger partial charge is 0.368 e. The van der Waals surface area contributed by atoms with Crippen molar-refractivity contribution in [2.45, 2.75) is 13.5 Å². The van der Waals surface area contributed by atoms with Crippen LogP contribution in [-0.4, -0.2) is 9.97 Å². The Bertz CT molecular complexity index is 769. The monoisotopic (exact) mass is 304 g/mol.